The lowest BCUT2D eigenvalue weighted by Crippen LogP contribution is -2.39. The molecule has 0 saturated carbocycles. The molecule has 0 aliphatic carbocycles. The van der Waals surface area contributed by atoms with Gasteiger partial charge in [-0.25, -0.2) is 0 Å². The molecule has 0 spiro atoms. The largest absolute Gasteiger partial charge is 0.378 e. The van der Waals surface area contributed by atoms with Crippen LogP contribution in [0.3, 0.4) is 0 Å². The quantitative estimate of drug-likeness (QED) is 0.589. The van der Waals surface area contributed by atoms with Crippen LogP contribution in [0.15, 0.2) is 12.8 Å². The summed E-state index contributed by atoms with van der Waals surface area (Å²) in [6.45, 7) is 6.22. The molecule has 2 nitrogen and oxygen atoms in total. The first kappa shape index (κ1) is 8.60. The summed E-state index contributed by atoms with van der Waals surface area (Å²) >= 11 is 0. The van der Waals surface area contributed by atoms with Gasteiger partial charge in [-0.3, -0.25) is 0 Å². The van der Waals surface area contributed by atoms with Gasteiger partial charge in [0.2, 0.25) is 0 Å². The molecule has 1 aliphatic heterocycles. The van der Waals surface area contributed by atoms with E-state index in [0.717, 1.165) is 6.04 Å². The summed E-state index contributed by atoms with van der Waals surface area (Å²) in [7, 11) is 4.30. The summed E-state index contributed by atoms with van der Waals surface area (Å²) in [5.74, 6) is 0. The fourth-order valence-corrected chi connectivity index (χ4v) is 1.55. The van der Waals surface area contributed by atoms with Gasteiger partial charge in [0.1, 0.15) is 0 Å². The Morgan fingerprint density at radius 3 is 2.45 bits per heavy atom. The van der Waals surface area contributed by atoms with E-state index in [9.17, 15) is 0 Å². The van der Waals surface area contributed by atoms with Gasteiger partial charge in [0.25, 0.3) is 0 Å². The predicted octanol–water partition coefficient (Wildman–Crippen LogP) is 1.16. The van der Waals surface area contributed by atoms with Crippen molar-refractivity contribution in [2.45, 2.75) is 18.9 Å². The van der Waals surface area contributed by atoms with Crippen molar-refractivity contribution in [3.63, 3.8) is 0 Å². The highest BCUT2D eigenvalue weighted by atomic mass is 15.2. The molecule has 0 amide bonds. The number of likely N-dealkylation sites (tertiary alicyclic amines) is 1. The monoisotopic (exact) mass is 154 g/mol. The average Bonchev–Trinajstić information content (AvgIpc) is 2.05. The molecule has 0 aromatic rings. The van der Waals surface area contributed by atoms with Gasteiger partial charge < -0.3 is 9.80 Å². The second kappa shape index (κ2) is 3.77. The third-order valence-electron chi connectivity index (χ3n) is 2.55. The highest BCUT2D eigenvalue weighted by molar-refractivity contribution is 4.81. The number of piperidine rings is 1. The molecule has 1 rings (SSSR count). The zero-order valence-electron chi connectivity index (χ0n) is 7.58. The first-order valence-electron chi connectivity index (χ1n) is 4.27. The third-order valence-corrected chi connectivity index (χ3v) is 2.55. The van der Waals surface area contributed by atoms with Crippen LogP contribution in [0.2, 0.25) is 0 Å². The number of nitrogens with zero attached hydrogens (tertiary/aromatic N) is 2. The third kappa shape index (κ3) is 2.22. The zero-order chi connectivity index (χ0) is 8.27. The summed E-state index contributed by atoms with van der Waals surface area (Å²) in [6.07, 6.45) is 4.48. The van der Waals surface area contributed by atoms with E-state index in [1.165, 1.54) is 25.9 Å². The van der Waals surface area contributed by atoms with E-state index in [1.807, 2.05) is 6.20 Å². The van der Waals surface area contributed by atoms with Gasteiger partial charge >= 0.3 is 0 Å². The second-order valence-corrected chi connectivity index (χ2v) is 3.38. The number of hydrogen-bond donors (Lipinski definition) is 0. The first-order chi connectivity index (χ1) is 5.24. The molecule has 11 heavy (non-hydrogen) atoms. The molecule has 0 aromatic carbocycles. The van der Waals surface area contributed by atoms with Crippen LogP contribution in [-0.2, 0) is 0 Å². The van der Waals surface area contributed by atoms with E-state index in [2.05, 4.69) is 30.5 Å². The van der Waals surface area contributed by atoms with E-state index in [1.54, 1.807) is 0 Å². The standard InChI is InChI=1S/C9H18N2/c1-4-11(3)9-5-7-10(2)8-6-9/h4,9H,1,5-8H2,2-3H3. The van der Waals surface area contributed by atoms with Crippen molar-refractivity contribution in [2.75, 3.05) is 27.2 Å². The van der Waals surface area contributed by atoms with Crippen LogP contribution in [0.5, 0.6) is 0 Å². The summed E-state index contributed by atoms with van der Waals surface area (Å²) in [4.78, 5) is 4.61. The number of hydrogen-bond acceptors (Lipinski definition) is 2. The first-order valence-corrected chi connectivity index (χ1v) is 4.27. The fourth-order valence-electron chi connectivity index (χ4n) is 1.55. The molecular formula is C9H18N2. The maximum atomic E-state index is 3.77. The van der Waals surface area contributed by atoms with Crippen LogP contribution in [0.1, 0.15) is 12.8 Å². The van der Waals surface area contributed by atoms with Crippen LogP contribution in [0.25, 0.3) is 0 Å². The highest BCUT2D eigenvalue weighted by Gasteiger charge is 2.17. The van der Waals surface area contributed by atoms with E-state index in [0.29, 0.717) is 0 Å². The molecule has 1 aliphatic rings. The normalized spacial score (nSPS) is 21.6. The maximum Gasteiger partial charge on any atom is 0.0305 e. The summed E-state index contributed by atoms with van der Waals surface area (Å²) in [5, 5.41) is 0. The van der Waals surface area contributed by atoms with Crippen molar-refractivity contribution in [3.05, 3.63) is 12.8 Å². The lowest BCUT2D eigenvalue weighted by atomic mass is 10.0. The summed E-state index contributed by atoms with van der Waals surface area (Å²) in [5.41, 5.74) is 0. The van der Waals surface area contributed by atoms with Gasteiger partial charge in [0.15, 0.2) is 0 Å². The Morgan fingerprint density at radius 2 is 2.00 bits per heavy atom. The second-order valence-electron chi connectivity index (χ2n) is 3.38. The van der Waals surface area contributed by atoms with Crippen molar-refractivity contribution in [3.8, 4) is 0 Å². The lowest BCUT2D eigenvalue weighted by molar-refractivity contribution is 0.180. The van der Waals surface area contributed by atoms with Crippen LogP contribution < -0.4 is 0 Å². The molecule has 2 heteroatoms. The van der Waals surface area contributed by atoms with Gasteiger partial charge in [-0.1, -0.05) is 6.58 Å². The Hall–Kier alpha value is -0.500. The molecule has 0 unspecified atom stereocenters. The zero-order valence-corrected chi connectivity index (χ0v) is 7.58. The summed E-state index contributed by atoms with van der Waals surface area (Å²) in [6, 6.07) is 0.726. The molecule has 1 heterocycles. The van der Waals surface area contributed by atoms with E-state index >= 15 is 0 Å². The molecule has 0 radical (unpaired) electrons. The Morgan fingerprint density at radius 1 is 1.45 bits per heavy atom. The molecule has 0 atom stereocenters. The van der Waals surface area contributed by atoms with E-state index < -0.39 is 0 Å². The maximum absolute atomic E-state index is 3.77. The molecule has 1 saturated heterocycles. The smallest absolute Gasteiger partial charge is 0.0305 e. The van der Waals surface area contributed by atoms with Crippen LogP contribution >= 0.6 is 0 Å². The van der Waals surface area contributed by atoms with E-state index in [4.69, 9.17) is 0 Å². The van der Waals surface area contributed by atoms with Crippen molar-refractivity contribution >= 4 is 0 Å². The molecule has 1 fully saturated rings. The Bertz CT molecular complexity index is 126. The summed E-state index contributed by atoms with van der Waals surface area (Å²) < 4.78 is 0. The van der Waals surface area contributed by atoms with Gasteiger partial charge in [-0.15, -0.1) is 0 Å². The molecule has 0 bridgehead atoms. The Balaban J connectivity index is 2.32. The van der Waals surface area contributed by atoms with E-state index in [-0.39, 0.29) is 0 Å². The minimum absolute atomic E-state index is 0.726. The Labute approximate surface area is 69.5 Å². The minimum atomic E-state index is 0.726. The number of rotatable bonds is 2. The van der Waals surface area contributed by atoms with Crippen LogP contribution in [0, 0.1) is 0 Å². The van der Waals surface area contributed by atoms with Crippen molar-refractivity contribution in [1.82, 2.24) is 9.80 Å². The van der Waals surface area contributed by atoms with Gasteiger partial charge in [0, 0.05) is 13.1 Å². The minimum Gasteiger partial charge on any atom is -0.378 e. The lowest BCUT2D eigenvalue weighted by Gasteiger charge is -2.34. The topological polar surface area (TPSA) is 6.48 Å². The van der Waals surface area contributed by atoms with Crippen molar-refractivity contribution < 1.29 is 0 Å². The fraction of sp³-hybridized carbons (Fsp3) is 0.778. The molecule has 0 aromatic heterocycles. The van der Waals surface area contributed by atoms with Crippen molar-refractivity contribution in [1.29, 1.82) is 0 Å². The Kier molecular flexibility index (Phi) is 2.94. The van der Waals surface area contributed by atoms with Crippen LogP contribution in [-0.4, -0.2) is 43.0 Å². The molecular weight excluding hydrogens is 136 g/mol. The highest BCUT2D eigenvalue weighted by Crippen LogP contribution is 2.13. The molecule has 64 valence electrons. The predicted molar refractivity (Wildman–Crippen MR) is 48.5 cm³/mol. The van der Waals surface area contributed by atoms with Gasteiger partial charge in [-0.05, 0) is 39.2 Å². The van der Waals surface area contributed by atoms with Gasteiger partial charge in [-0.2, -0.15) is 0 Å². The molecule has 0 N–H and O–H groups in total. The van der Waals surface area contributed by atoms with Gasteiger partial charge in [0.05, 0.1) is 0 Å². The van der Waals surface area contributed by atoms with Crippen molar-refractivity contribution in [2.24, 2.45) is 0 Å². The average molecular weight is 154 g/mol. The van der Waals surface area contributed by atoms with Crippen LogP contribution in [0.4, 0.5) is 0 Å². The SMILES string of the molecule is C=CN(C)C1CCN(C)CC1.